The van der Waals surface area contributed by atoms with Crippen LogP contribution in [0.5, 0.6) is 5.75 Å². The van der Waals surface area contributed by atoms with Crippen molar-refractivity contribution in [2.24, 2.45) is 7.05 Å². The highest BCUT2D eigenvalue weighted by atomic mass is 16.3. The van der Waals surface area contributed by atoms with E-state index in [2.05, 4.69) is 4.98 Å². The fourth-order valence-corrected chi connectivity index (χ4v) is 2.25. The summed E-state index contributed by atoms with van der Waals surface area (Å²) in [6.45, 7) is 1.93. The van der Waals surface area contributed by atoms with Gasteiger partial charge in [-0.2, -0.15) is 0 Å². The SMILES string of the molecule is Cc1nc2ccc(-c3ccccc3)c(O)c2n1C. The van der Waals surface area contributed by atoms with Crippen LogP contribution in [0.3, 0.4) is 0 Å². The molecule has 18 heavy (non-hydrogen) atoms. The molecular formula is C15H14N2O. The van der Waals surface area contributed by atoms with Crippen LogP contribution in [0, 0.1) is 6.92 Å². The van der Waals surface area contributed by atoms with Gasteiger partial charge in [0, 0.05) is 12.6 Å². The second kappa shape index (κ2) is 3.88. The van der Waals surface area contributed by atoms with Gasteiger partial charge in [0.2, 0.25) is 0 Å². The van der Waals surface area contributed by atoms with Crippen LogP contribution in [0.15, 0.2) is 42.5 Å². The molecule has 0 bridgehead atoms. The lowest BCUT2D eigenvalue weighted by Crippen LogP contribution is -1.91. The molecule has 3 rings (SSSR count). The van der Waals surface area contributed by atoms with E-state index in [9.17, 15) is 5.11 Å². The van der Waals surface area contributed by atoms with E-state index in [1.54, 1.807) is 0 Å². The van der Waals surface area contributed by atoms with Crippen LogP contribution in [-0.2, 0) is 7.05 Å². The number of imidazole rings is 1. The van der Waals surface area contributed by atoms with Crippen molar-refractivity contribution >= 4 is 11.0 Å². The van der Waals surface area contributed by atoms with Crippen LogP contribution in [0.1, 0.15) is 5.82 Å². The van der Waals surface area contributed by atoms with E-state index in [1.807, 2.05) is 61.0 Å². The first kappa shape index (κ1) is 10.8. The van der Waals surface area contributed by atoms with E-state index in [0.717, 1.165) is 28.0 Å². The van der Waals surface area contributed by atoms with Gasteiger partial charge in [-0.05, 0) is 24.6 Å². The van der Waals surface area contributed by atoms with E-state index in [-0.39, 0.29) is 0 Å². The van der Waals surface area contributed by atoms with Crippen molar-refractivity contribution in [2.75, 3.05) is 0 Å². The Labute approximate surface area is 105 Å². The molecule has 0 fully saturated rings. The van der Waals surface area contributed by atoms with Crippen LogP contribution < -0.4 is 0 Å². The summed E-state index contributed by atoms with van der Waals surface area (Å²) < 4.78 is 1.91. The number of rotatable bonds is 1. The molecule has 1 aromatic heterocycles. The Morgan fingerprint density at radius 1 is 1.06 bits per heavy atom. The lowest BCUT2D eigenvalue weighted by Gasteiger charge is -2.07. The Balaban J connectivity index is 2.33. The minimum atomic E-state index is 0.293. The maximum Gasteiger partial charge on any atom is 0.149 e. The fourth-order valence-electron chi connectivity index (χ4n) is 2.25. The summed E-state index contributed by atoms with van der Waals surface area (Å²) in [7, 11) is 1.92. The highest BCUT2D eigenvalue weighted by Gasteiger charge is 2.13. The van der Waals surface area contributed by atoms with Crippen LogP contribution in [0.4, 0.5) is 0 Å². The van der Waals surface area contributed by atoms with Gasteiger partial charge in [-0.15, -0.1) is 0 Å². The number of phenols is 1. The molecule has 1 heterocycles. The Morgan fingerprint density at radius 2 is 1.78 bits per heavy atom. The monoisotopic (exact) mass is 238 g/mol. The summed E-state index contributed by atoms with van der Waals surface area (Å²) in [5, 5.41) is 10.4. The molecule has 2 aromatic carbocycles. The summed E-state index contributed by atoms with van der Waals surface area (Å²) >= 11 is 0. The van der Waals surface area contributed by atoms with Crippen molar-refractivity contribution in [3.8, 4) is 16.9 Å². The normalized spacial score (nSPS) is 11.0. The molecule has 0 unspecified atom stereocenters. The summed E-state index contributed by atoms with van der Waals surface area (Å²) in [6.07, 6.45) is 0. The number of aromatic hydroxyl groups is 1. The molecular weight excluding hydrogens is 224 g/mol. The summed E-state index contributed by atoms with van der Waals surface area (Å²) in [4.78, 5) is 4.41. The largest absolute Gasteiger partial charge is 0.505 e. The Kier molecular flexibility index (Phi) is 2.33. The molecule has 3 aromatic rings. The standard InChI is InChI=1S/C15H14N2O/c1-10-16-13-9-8-12(11-6-4-3-5-7-11)15(18)14(13)17(10)2/h3-9,18H,1-2H3. The van der Waals surface area contributed by atoms with Crippen molar-refractivity contribution in [1.29, 1.82) is 0 Å². The Hall–Kier alpha value is -2.29. The Bertz CT molecular complexity index is 714. The molecule has 0 aliphatic carbocycles. The first-order valence-corrected chi connectivity index (χ1v) is 5.89. The predicted molar refractivity (Wildman–Crippen MR) is 72.6 cm³/mol. The molecule has 0 radical (unpaired) electrons. The zero-order valence-electron chi connectivity index (χ0n) is 10.4. The molecule has 90 valence electrons. The number of fused-ring (bicyclic) bond motifs is 1. The quantitative estimate of drug-likeness (QED) is 0.706. The third kappa shape index (κ3) is 1.48. The minimum absolute atomic E-state index is 0.293. The van der Waals surface area contributed by atoms with Crippen molar-refractivity contribution in [2.45, 2.75) is 6.92 Å². The summed E-state index contributed by atoms with van der Waals surface area (Å²) in [5.74, 6) is 1.19. The number of phenolic OH excluding ortho intramolecular Hbond substituents is 1. The van der Waals surface area contributed by atoms with E-state index >= 15 is 0 Å². The van der Waals surface area contributed by atoms with Crippen molar-refractivity contribution in [3.05, 3.63) is 48.3 Å². The van der Waals surface area contributed by atoms with Gasteiger partial charge in [0.25, 0.3) is 0 Å². The van der Waals surface area contributed by atoms with Gasteiger partial charge in [0.15, 0.2) is 0 Å². The molecule has 0 atom stereocenters. The molecule has 3 heteroatoms. The van der Waals surface area contributed by atoms with Gasteiger partial charge < -0.3 is 9.67 Å². The number of nitrogens with zero attached hydrogens (tertiary/aromatic N) is 2. The van der Waals surface area contributed by atoms with E-state index in [4.69, 9.17) is 0 Å². The second-order valence-electron chi connectivity index (χ2n) is 4.41. The molecule has 0 spiro atoms. The van der Waals surface area contributed by atoms with Gasteiger partial charge in [0.05, 0.1) is 5.52 Å². The van der Waals surface area contributed by atoms with E-state index in [0.29, 0.717) is 5.75 Å². The first-order valence-electron chi connectivity index (χ1n) is 5.89. The zero-order valence-corrected chi connectivity index (χ0v) is 10.4. The number of hydrogen-bond acceptors (Lipinski definition) is 2. The fraction of sp³-hybridized carbons (Fsp3) is 0.133. The number of hydrogen-bond donors (Lipinski definition) is 1. The van der Waals surface area contributed by atoms with Crippen LogP contribution in [0.2, 0.25) is 0 Å². The van der Waals surface area contributed by atoms with Gasteiger partial charge in [0.1, 0.15) is 17.1 Å². The molecule has 0 aliphatic rings. The lowest BCUT2D eigenvalue weighted by atomic mass is 10.0. The number of aryl methyl sites for hydroxylation is 2. The van der Waals surface area contributed by atoms with Crippen molar-refractivity contribution in [3.63, 3.8) is 0 Å². The first-order chi connectivity index (χ1) is 8.68. The second-order valence-corrected chi connectivity index (χ2v) is 4.41. The van der Waals surface area contributed by atoms with Gasteiger partial charge in [-0.1, -0.05) is 30.3 Å². The molecule has 1 N–H and O–H groups in total. The highest BCUT2D eigenvalue weighted by Crippen LogP contribution is 2.35. The maximum absolute atomic E-state index is 10.4. The van der Waals surface area contributed by atoms with E-state index in [1.165, 1.54) is 0 Å². The zero-order chi connectivity index (χ0) is 12.7. The third-order valence-electron chi connectivity index (χ3n) is 3.32. The maximum atomic E-state index is 10.4. The average molecular weight is 238 g/mol. The third-order valence-corrected chi connectivity index (χ3v) is 3.32. The molecule has 3 nitrogen and oxygen atoms in total. The number of aromatic nitrogens is 2. The average Bonchev–Trinajstić information content (AvgIpc) is 2.67. The van der Waals surface area contributed by atoms with Crippen molar-refractivity contribution in [1.82, 2.24) is 9.55 Å². The van der Waals surface area contributed by atoms with Crippen LogP contribution >= 0.6 is 0 Å². The van der Waals surface area contributed by atoms with Gasteiger partial charge in [-0.3, -0.25) is 0 Å². The van der Waals surface area contributed by atoms with Crippen LogP contribution in [0.25, 0.3) is 22.2 Å². The molecule has 0 amide bonds. The molecule has 0 saturated heterocycles. The van der Waals surface area contributed by atoms with Crippen LogP contribution in [-0.4, -0.2) is 14.7 Å². The van der Waals surface area contributed by atoms with Gasteiger partial charge in [-0.25, -0.2) is 4.98 Å². The van der Waals surface area contributed by atoms with E-state index < -0.39 is 0 Å². The predicted octanol–water partition coefficient (Wildman–Crippen LogP) is 3.25. The smallest absolute Gasteiger partial charge is 0.149 e. The Morgan fingerprint density at radius 3 is 2.50 bits per heavy atom. The molecule has 0 saturated carbocycles. The summed E-state index contributed by atoms with van der Waals surface area (Å²) in [5.41, 5.74) is 3.46. The topological polar surface area (TPSA) is 38.1 Å². The lowest BCUT2D eigenvalue weighted by molar-refractivity contribution is 0.480. The highest BCUT2D eigenvalue weighted by molar-refractivity contribution is 5.90. The van der Waals surface area contributed by atoms with Crippen molar-refractivity contribution < 1.29 is 5.11 Å². The molecule has 0 aliphatic heterocycles. The van der Waals surface area contributed by atoms with Gasteiger partial charge >= 0.3 is 0 Å². The number of benzene rings is 2. The summed E-state index contributed by atoms with van der Waals surface area (Å²) in [6, 6.07) is 13.7. The minimum Gasteiger partial charge on any atom is -0.505 e.